The zero-order valence-electron chi connectivity index (χ0n) is 28.3. The average molecular weight is 748 g/mol. The van der Waals surface area contributed by atoms with Crippen molar-refractivity contribution < 1.29 is 17.9 Å². The lowest BCUT2D eigenvalue weighted by molar-refractivity contribution is -0.124. The third-order valence-corrected chi connectivity index (χ3v) is 12.7. The zero-order chi connectivity index (χ0) is 35.5. The first-order chi connectivity index (χ1) is 24.7. The number of ether oxygens (including phenoxy) is 1. The van der Waals surface area contributed by atoms with Gasteiger partial charge in [-0.1, -0.05) is 65.7 Å². The van der Waals surface area contributed by atoms with Gasteiger partial charge in [-0.15, -0.1) is 0 Å². The number of carbonyl (C=O) groups excluding carboxylic acids is 1. The van der Waals surface area contributed by atoms with Gasteiger partial charge >= 0.3 is 0 Å². The number of likely N-dealkylation sites (tertiary alicyclic amines) is 1. The topological polar surface area (TPSA) is 110 Å². The summed E-state index contributed by atoms with van der Waals surface area (Å²) in [6, 6.07) is 20.1. The van der Waals surface area contributed by atoms with Gasteiger partial charge in [-0.25, -0.2) is 18.4 Å². The number of benzene rings is 3. The highest BCUT2D eigenvalue weighted by molar-refractivity contribution is 7.89. The van der Waals surface area contributed by atoms with Crippen molar-refractivity contribution in [1.29, 1.82) is 0 Å². The number of halogens is 2. The van der Waals surface area contributed by atoms with Crippen LogP contribution >= 0.6 is 23.2 Å². The smallest absolute Gasteiger partial charge is 0.245 e. The van der Waals surface area contributed by atoms with E-state index in [4.69, 9.17) is 32.9 Å². The van der Waals surface area contributed by atoms with Gasteiger partial charge in [0, 0.05) is 53.7 Å². The molecule has 2 aliphatic rings. The van der Waals surface area contributed by atoms with Crippen LogP contribution in [-0.4, -0.2) is 70.3 Å². The summed E-state index contributed by atoms with van der Waals surface area (Å²) in [7, 11) is -4.14. The van der Waals surface area contributed by atoms with Crippen LogP contribution in [-0.2, 0) is 28.0 Å². The lowest BCUT2D eigenvalue weighted by Crippen LogP contribution is -2.47. The molecule has 1 N–H and O–H groups in total. The summed E-state index contributed by atoms with van der Waals surface area (Å²) >= 11 is 13.4. The van der Waals surface area contributed by atoms with E-state index < -0.39 is 16.1 Å². The van der Waals surface area contributed by atoms with Crippen LogP contribution in [0.25, 0.3) is 16.6 Å². The number of piperidine rings is 1. The fourth-order valence-electron chi connectivity index (χ4n) is 7.09. The molecule has 5 aromatic rings. The number of aromatic nitrogens is 3. The maximum atomic E-state index is 14.1. The fraction of sp³-hybridized carbons (Fsp3) is 0.342. The fourth-order valence-corrected chi connectivity index (χ4v) is 9.61. The Morgan fingerprint density at radius 1 is 1.00 bits per heavy atom. The van der Waals surface area contributed by atoms with Gasteiger partial charge in [-0.2, -0.15) is 4.31 Å². The van der Waals surface area contributed by atoms with E-state index in [1.54, 1.807) is 18.6 Å². The van der Waals surface area contributed by atoms with E-state index in [2.05, 4.69) is 39.5 Å². The third kappa shape index (κ3) is 7.64. The van der Waals surface area contributed by atoms with Crippen LogP contribution in [0.4, 0.5) is 0 Å². The molecular formula is C38H40Cl2N6O4S. The molecule has 0 unspecified atom stereocenters. The van der Waals surface area contributed by atoms with E-state index in [0.29, 0.717) is 42.1 Å². The largest absolute Gasteiger partial charge is 0.487 e. The molecule has 51 heavy (non-hydrogen) atoms. The number of para-hydroxylation sites is 1. The third-order valence-electron chi connectivity index (χ3n) is 9.83. The molecule has 2 fully saturated rings. The van der Waals surface area contributed by atoms with Gasteiger partial charge in [0.1, 0.15) is 28.8 Å². The Balaban J connectivity index is 1.02. The van der Waals surface area contributed by atoms with E-state index in [1.807, 2.05) is 42.0 Å². The summed E-state index contributed by atoms with van der Waals surface area (Å²) in [6.45, 7) is 5.41. The highest BCUT2D eigenvalue weighted by Gasteiger charge is 2.41. The van der Waals surface area contributed by atoms with Crippen molar-refractivity contribution in [3.8, 4) is 11.4 Å². The van der Waals surface area contributed by atoms with Crippen molar-refractivity contribution in [3.63, 3.8) is 0 Å². The SMILES string of the molecule is Cc1cc(-n2ccnc2)c2cccc(OCc3c(Cl)ccc(S(=O)(=O)N4CCC[C@H]4C(=O)NCC4CCN(Cc5ccccc5)CC4)c3Cl)c2n1. The quantitative estimate of drug-likeness (QED) is 0.158. The summed E-state index contributed by atoms with van der Waals surface area (Å²) in [5, 5.41) is 4.17. The van der Waals surface area contributed by atoms with Gasteiger partial charge in [0.25, 0.3) is 0 Å². The van der Waals surface area contributed by atoms with E-state index in [-0.39, 0.29) is 34.0 Å². The number of amides is 1. The van der Waals surface area contributed by atoms with Crippen LogP contribution in [0.5, 0.6) is 5.75 Å². The van der Waals surface area contributed by atoms with Gasteiger partial charge < -0.3 is 14.6 Å². The van der Waals surface area contributed by atoms with Crippen molar-refractivity contribution in [2.75, 3.05) is 26.2 Å². The summed E-state index contributed by atoms with van der Waals surface area (Å²) in [4.78, 5) is 24.7. The van der Waals surface area contributed by atoms with E-state index in [0.717, 1.165) is 49.2 Å². The first-order valence-electron chi connectivity index (χ1n) is 17.2. The van der Waals surface area contributed by atoms with E-state index >= 15 is 0 Å². The average Bonchev–Trinajstić information content (AvgIpc) is 3.85. The monoisotopic (exact) mass is 746 g/mol. The normalized spacial score (nSPS) is 17.6. The Hall–Kier alpha value is -4.00. The minimum absolute atomic E-state index is 0.0284. The highest BCUT2D eigenvalue weighted by atomic mass is 35.5. The number of sulfonamides is 1. The maximum Gasteiger partial charge on any atom is 0.245 e. The standard InChI is InChI=1S/C38H40Cl2N6O4S/c1-26-21-33(45-20-16-41-25-45)29-9-5-11-34(37(29)43-26)50-24-30-31(39)12-13-35(36(30)40)51(48,49)46-17-6-10-32(46)38(47)42-22-27-14-18-44(19-15-27)23-28-7-3-2-4-8-28/h2-5,7-9,11-13,16,20-21,25,27,32H,6,10,14-15,17-19,22-24H2,1H3,(H,42,47)/t32-/m0/s1. The number of nitrogens with one attached hydrogen (secondary N) is 1. The van der Waals surface area contributed by atoms with Crippen LogP contribution in [0.15, 0.2) is 90.3 Å². The molecule has 3 aromatic carbocycles. The van der Waals surface area contributed by atoms with Crippen molar-refractivity contribution in [3.05, 3.63) is 112 Å². The Labute approximate surface area is 308 Å². The van der Waals surface area contributed by atoms with Crippen molar-refractivity contribution in [2.24, 2.45) is 5.92 Å². The Morgan fingerprint density at radius 2 is 1.80 bits per heavy atom. The summed E-state index contributed by atoms with van der Waals surface area (Å²) < 4.78 is 37.7. The molecule has 13 heteroatoms. The van der Waals surface area contributed by atoms with Gasteiger partial charge in [0.15, 0.2) is 0 Å². The van der Waals surface area contributed by atoms with E-state index in [9.17, 15) is 13.2 Å². The zero-order valence-corrected chi connectivity index (χ0v) is 30.7. The minimum atomic E-state index is -4.14. The van der Waals surface area contributed by atoms with Crippen LogP contribution in [0.3, 0.4) is 0 Å². The summed E-state index contributed by atoms with van der Waals surface area (Å²) in [5.41, 5.74) is 3.96. The maximum absolute atomic E-state index is 14.1. The van der Waals surface area contributed by atoms with Crippen molar-refractivity contribution in [1.82, 2.24) is 29.1 Å². The molecule has 2 aromatic heterocycles. The predicted octanol–water partition coefficient (Wildman–Crippen LogP) is 6.80. The summed E-state index contributed by atoms with van der Waals surface area (Å²) in [5.74, 6) is 0.570. The number of carbonyl (C=O) groups is 1. The van der Waals surface area contributed by atoms with Gasteiger partial charge in [0.2, 0.25) is 15.9 Å². The predicted molar refractivity (Wildman–Crippen MR) is 199 cm³/mol. The number of aryl methyl sites for hydroxylation is 1. The second kappa shape index (κ2) is 15.3. The molecule has 2 saturated heterocycles. The molecule has 0 aliphatic carbocycles. The number of rotatable bonds is 11. The molecule has 0 spiro atoms. The van der Waals surface area contributed by atoms with Gasteiger partial charge in [-0.3, -0.25) is 9.69 Å². The summed E-state index contributed by atoms with van der Waals surface area (Å²) in [6.07, 6.45) is 8.26. The molecule has 1 atom stereocenters. The molecule has 10 nitrogen and oxygen atoms in total. The van der Waals surface area contributed by atoms with Gasteiger partial charge in [-0.05, 0) is 81.4 Å². The molecule has 1 amide bonds. The molecule has 0 saturated carbocycles. The molecule has 0 bridgehead atoms. The molecule has 7 rings (SSSR count). The van der Waals surface area contributed by atoms with Crippen LogP contribution in [0.1, 0.15) is 42.5 Å². The number of hydrogen-bond donors (Lipinski definition) is 1. The second-order valence-electron chi connectivity index (χ2n) is 13.3. The van der Waals surface area contributed by atoms with Crippen LogP contribution in [0, 0.1) is 12.8 Å². The number of hydrogen-bond acceptors (Lipinski definition) is 7. The first-order valence-corrected chi connectivity index (χ1v) is 19.4. The minimum Gasteiger partial charge on any atom is -0.487 e. The Bertz CT molecular complexity index is 2120. The van der Waals surface area contributed by atoms with Crippen molar-refractivity contribution >= 4 is 50.0 Å². The van der Waals surface area contributed by atoms with E-state index in [1.165, 1.54) is 22.0 Å². The Morgan fingerprint density at radius 3 is 2.57 bits per heavy atom. The number of pyridine rings is 1. The van der Waals surface area contributed by atoms with Gasteiger partial charge in [0.05, 0.1) is 17.0 Å². The Kier molecular flexibility index (Phi) is 10.6. The lowest BCUT2D eigenvalue weighted by atomic mass is 9.96. The molecular weight excluding hydrogens is 707 g/mol. The number of fused-ring (bicyclic) bond motifs is 1. The molecule has 4 heterocycles. The molecule has 2 aliphatic heterocycles. The highest BCUT2D eigenvalue weighted by Crippen LogP contribution is 2.37. The molecule has 266 valence electrons. The molecule has 0 radical (unpaired) electrons. The first kappa shape index (κ1) is 35.4. The second-order valence-corrected chi connectivity index (χ2v) is 15.9. The van der Waals surface area contributed by atoms with Crippen LogP contribution < -0.4 is 10.1 Å². The number of nitrogens with zero attached hydrogens (tertiary/aromatic N) is 5. The van der Waals surface area contributed by atoms with Crippen LogP contribution in [0.2, 0.25) is 10.0 Å². The van der Waals surface area contributed by atoms with Crippen molar-refractivity contribution in [2.45, 2.75) is 56.7 Å². The lowest BCUT2D eigenvalue weighted by Gasteiger charge is -2.32. The number of imidazole rings is 1.